The average molecular weight is 381 g/mol. The van der Waals surface area contributed by atoms with Gasteiger partial charge >= 0.3 is 5.97 Å². The summed E-state index contributed by atoms with van der Waals surface area (Å²) in [5, 5.41) is 21.2. The van der Waals surface area contributed by atoms with Gasteiger partial charge in [0.2, 0.25) is 5.96 Å². The number of nitrogens with zero attached hydrogens (tertiary/aromatic N) is 4. The van der Waals surface area contributed by atoms with Gasteiger partial charge in [0.1, 0.15) is 17.4 Å². The third-order valence-corrected chi connectivity index (χ3v) is 4.84. The van der Waals surface area contributed by atoms with Crippen molar-refractivity contribution >= 4 is 11.9 Å². The molecule has 146 valence electrons. The number of ether oxygens (including phenoxy) is 2. The van der Waals surface area contributed by atoms with E-state index in [4.69, 9.17) is 9.47 Å². The molecule has 1 N–H and O–H groups in total. The third kappa shape index (κ3) is 3.46. The minimum Gasteiger partial charge on any atom is -0.484 e. The number of carbonyl (C=O) groups is 1. The van der Waals surface area contributed by atoms with E-state index in [1.54, 1.807) is 18.2 Å². The maximum atomic E-state index is 11.9. The van der Waals surface area contributed by atoms with E-state index in [9.17, 15) is 15.3 Å². The van der Waals surface area contributed by atoms with Crippen LogP contribution in [-0.2, 0) is 9.53 Å². The number of benzene rings is 1. The fourth-order valence-electron chi connectivity index (χ4n) is 3.80. The van der Waals surface area contributed by atoms with Crippen molar-refractivity contribution in [3.05, 3.63) is 29.3 Å². The van der Waals surface area contributed by atoms with Crippen molar-refractivity contribution in [3.63, 3.8) is 0 Å². The molecule has 2 aliphatic heterocycles. The van der Waals surface area contributed by atoms with Crippen molar-refractivity contribution in [2.24, 2.45) is 4.99 Å². The van der Waals surface area contributed by atoms with E-state index in [-0.39, 0.29) is 0 Å². The monoisotopic (exact) mass is 381 g/mol. The normalized spacial score (nSPS) is 24.1. The van der Waals surface area contributed by atoms with Crippen molar-refractivity contribution in [2.45, 2.75) is 57.9 Å². The minimum absolute atomic E-state index is 0.403. The van der Waals surface area contributed by atoms with Gasteiger partial charge in [0.05, 0.1) is 17.2 Å². The van der Waals surface area contributed by atoms with E-state index in [1.807, 2.05) is 38.8 Å². The summed E-state index contributed by atoms with van der Waals surface area (Å²) in [6.45, 7) is 9.49. The molecule has 0 fully saturated rings. The van der Waals surface area contributed by atoms with E-state index in [0.717, 1.165) is 5.56 Å². The van der Waals surface area contributed by atoms with Crippen LogP contribution in [0, 0.1) is 22.8 Å². The lowest BCUT2D eigenvalue weighted by Gasteiger charge is -2.47. The fraction of sp³-hybridized carbons (Fsp3) is 0.500. The second-order valence-electron chi connectivity index (χ2n) is 8.16. The molecule has 1 aromatic carbocycles. The number of rotatable bonds is 2. The number of aliphatic imine (C=N–C) groups is 1. The summed E-state index contributed by atoms with van der Waals surface area (Å²) in [5.74, 6) is 0.579. The van der Waals surface area contributed by atoms with Crippen molar-refractivity contribution < 1.29 is 14.3 Å². The zero-order valence-corrected chi connectivity index (χ0v) is 16.6. The first kappa shape index (κ1) is 19.5. The largest absolute Gasteiger partial charge is 0.484 e. The standard InChI is InChI=1S/C20H23N5O3/c1-12(26)27-17-16(25-10-19(2,3)24-18(25)23-11-22)14-8-13(9-21)6-7-15(14)28-20(17,4)5/h6-8,16-17H,10H2,1-5H3,(H,23,24)/t16-,17+/m1/s1. The highest BCUT2D eigenvalue weighted by Gasteiger charge is 2.51. The number of esters is 1. The van der Waals surface area contributed by atoms with Gasteiger partial charge in [-0.3, -0.25) is 10.1 Å². The molecule has 0 radical (unpaired) electrons. The van der Waals surface area contributed by atoms with E-state index in [0.29, 0.717) is 23.8 Å². The van der Waals surface area contributed by atoms with Crippen molar-refractivity contribution in [1.82, 2.24) is 10.2 Å². The summed E-state index contributed by atoms with van der Waals surface area (Å²) < 4.78 is 11.8. The number of nitriles is 2. The Morgan fingerprint density at radius 3 is 2.68 bits per heavy atom. The van der Waals surface area contributed by atoms with Crippen LogP contribution in [0.25, 0.3) is 0 Å². The molecule has 2 atom stereocenters. The molecule has 0 aromatic heterocycles. The highest BCUT2D eigenvalue weighted by Crippen LogP contribution is 2.46. The topological polar surface area (TPSA) is 111 Å². The fourth-order valence-corrected chi connectivity index (χ4v) is 3.80. The Balaban J connectivity index is 2.19. The predicted molar refractivity (Wildman–Crippen MR) is 101 cm³/mol. The zero-order chi connectivity index (χ0) is 20.7. The maximum absolute atomic E-state index is 11.9. The molecule has 8 heteroatoms. The van der Waals surface area contributed by atoms with E-state index in [1.165, 1.54) is 6.92 Å². The molecular formula is C20H23N5O3. The molecule has 0 amide bonds. The first-order valence-corrected chi connectivity index (χ1v) is 9.00. The molecule has 2 aliphatic rings. The Hall–Kier alpha value is -3.26. The van der Waals surface area contributed by atoms with Crippen LogP contribution in [0.5, 0.6) is 5.75 Å². The van der Waals surface area contributed by atoms with Gasteiger partial charge < -0.3 is 14.4 Å². The molecule has 2 heterocycles. The molecule has 28 heavy (non-hydrogen) atoms. The average Bonchev–Trinajstić information content (AvgIpc) is 2.89. The van der Waals surface area contributed by atoms with E-state index in [2.05, 4.69) is 16.4 Å². The van der Waals surface area contributed by atoms with Gasteiger partial charge in [-0.2, -0.15) is 10.5 Å². The van der Waals surface area contributed by atoms with Crippen molar-refractivity contribution in [1.29, 1.82) is 10.5 Å². The van der Waals surface area contributed by atoms with Crippen LogP contribution in [0.4, 0.5) is 0 Å². The van der Waals surface area contributed by atoms with Gasteiger partial charge in [0.15, 0.2) is 12.3 Å². The Bertz CT molecular complexity index is 923. The summed E-state index contributed by atoms with van der Waals surface area (Å²) in [7, 11) is 0. The first-order chi connectivity index (χ1) is 13.1. The number of hydrogen-bond acceptors (Lipinski definition) is 8. The number of carbonyl (C=O) groups excluding carboxylic acids is 1. The van der Waals surface area contributed by atoms with Crippen LogP contribution in [0.3, 0.4) is 0 Å². The van der Waals surface area contributed by atoms with Crippen molar-refractivity contribution in [3.8, 4) is 18.0 Å². The lowest BCUT2D eigenvalue weighted by molar-refractivity contribution is -0.166. The van der Waals surface area contributed by atoms with Crippen LogP contribution in [-0.4, -0.2) is 40.6 Å². The van der Waals surface area contributed by atoms with Gasteiger partial charge in [-0.15, -0.1) is 0 Å². The third-order valence-electron chi connectivity index (χ3n) is 4.84. The molecule has 0 spiro atoms. The molecule has 0 bridgehead atoms. The summed E-state index contributed by atoms with van der Waals surface area (Å²) in [6.07, 6.45) is 1.25. The molecule has 0 saturated carbocycles. The number of fused-ring (bicyclic) bond motifs is 1. The SMILES string of the molecule is CC(=O)O[C@H]1[C@H](N2CC(C)(C)N=C2NC#N)c2cc(C#N)ccc2OC1(C)C. The second kappa shape index (κ2) is 6.72. The second-order valence-corrected chi connectivity index (χ2v) is 8.16. The van der Waals surface area contributed by atoms with Crippen LogP contribution < -0.4 is 10.1 Å². The molecular weight excluding hydrogens is 358 g/mol. The maximum Gasteiger partial charge on any atom is 0.303 e. The van der Waals surface area contributed by atoms with Gasteiger partial charge in [0.25, 0.3) is 0 Å². The Kier molecular flexibility index (Phi) is 4.68. The van der Waals surface area contributed by atoms with E-state index < -0.39 is 29.3 Å². The quantitative estimate of drug-likeness (QED) is 0.475. The first-order valence-electron chi connectivity index (χ1n) is 9.00. The van der Waals surface area contributed by atoms with Crippen LogP contribution >= 0.6 is 0 Å². The summed E-state index contributed by atoms with van der Waals surface area (Å²) >= 11 is 0. The molecule has 0 unspecified atom stereocenters. The van der Waals surface area contributed by atoms with Gasteiger partial charge in [0, 0.05) is 19.0 Å². The van der Waals surface area contributed by atoms with Crippen LogP contribution in [0.1, 0.15) is 51.8 Å². The van der Waals surface area contributed by atoms with Gasteiger partial charge in [-0.25, -0.2) is 4.99 Å². The van der Waals surface area contributed by atoms with Gasteiger partial charge in [-0.05, 0) is 45.9 Å². The molecule has 0 saturated heterocycles. The highest BCUT2D eigenvalue weighted by molar-refractivity contribution is 5.84. The Morgan fingerprint density at radius 1 is 1.36 bits per heavy atom. The number of guanidine groups is 1. The minimum atomic E-state index is -0.831. The predicted octanol–water partition coefficient (Wildman–Crippen LogP) is 2.22. The van der Waals surface area contributed by atoms with Gasteiger partial charge in [-0.1, -0.05) is 0 Å². The molecule has 3 rings (SSSR count). The number of hydrogen-bond donors (Lipinski definition) is 1. The lowest BCUT2D eigenvalue weighted by Crippen LogP contribution is -2.57. The van der Waals surface area contributed by atoms with Crippen molar-refractivity contribution in [2.75, 3.05) is 6.54 Å². The smallest absolute Gasteiger partial charge is 0.303 e. The Labute approximate surface area is 164 Å². The summed E-state index contributed by atoms with van der Waals surface area (Å²) in [5.41, 5.74) is -0.0780. The number of nitrogens with one attached hydrogen (secondary N) is 1. The molecule has 8 nitrogen and oxygen atoms in total. The summed E-state index contributed by atoms with van der Waals surface area (Å²) in [6, 6.07) is 6.84. The van der Waals surface area contributed by atoms with Crippen LogP contribution in [0.15, 0.2) is 23.2 Å². The lowest BCUT2D eigenvalue weighted by atomic mass is 9.84. The van der Waals surface area contributed by atoms with E-state index >= 15 is 0 Å². The van der Waals surface area contributed by atoms with Crippen LogP contribution in [0.2, 0.25) is 0 Å². The summed E-state index contributed by atoms with van der Waals surface area (Å²) in [4.78, 5) is 18.4. The Morgan fingerprint density at radius 2 is 2.07 bits per heavy atom. The zero-order valence-electron chi connectivity index (χ0n) is 16.6. The highest BCUT2D eigenvalue weighted by atomic mass is 16.6. The molecule has 1 aromatic rings. The molecule has 0 aliphatic carbocycles.